The van der Waals surface area contributed by atoms with Crippen LogP contribution in [-0.4, -0.2) is 48.3 Å². The number of hydrogen-bond acceptors (Lipinski definition) is 8. The third-order valence-electron chi connectivity index (χ3n) is 4.58. The Bertz CT molecular complexity index is 1230. The zero-order chi connectivity index (χ0) is 23.2. The van der Waals surface area contributed by atoms with Crippen LogP contribution in [0.1, 0.15) is 5.82 Å². The minimum Gasteiger partial charge on any atom is -0.497 e. The van der Waals surface area contributed by atoms with Crippen LogP contribution in [0, 0.1) is 0 Å². The highest BCUT2D eigenvalue weighted by Gasteiger charge is 2.14. The summed E-state index contributed by atoms with van der Waals surface area (Å²) in [6.45, 7) is 0.242. The molecule has 0 unspecified atom stereocenters. The summed E-state index contributed by atoms with van der Waals surface area (Å²) in [6.07, 6.45) is 2.96. The molecule has 2 aromatic heterocycles. The number of nitrogens with zero attached hydrogens (tertiary/aromatic N) is 6. The lowest BCUT2D eigenvalue weighted by Gasteiger charge is -2.11. The van der Waals surface area contributed by atoms with Gasteiger partial charge in [0, 0.05) is 12.1 Å². The van der Waals surface area contributed by atoms with Gasteiger partial charge in [-0.2, -0.15) is 5.10 Å². The molecule has 1 amide bonds. The Kier molecular flexibility index (Phi) is 7.10. The Morgan fingerprint density at radius 2 is 1.94 bits per heavy atom. The lowest BCUT2D eigenvalue weighted by atomic mass is 10.2. The number of hydrogen-bond donors (Lipinski definition) is 1. The summed E-state index contributed by atoms with van der Waals surface area (Å²) in [5.41, 5.74) is 1.19. The maximum absolute atomic E-state index is 12.6. The van der Waals surface area contributed by atoms with Crippen LogP contribution >= 0.6 is 23.4 Å². The number of methoxy groups -OCH3 is 1. The fourth-order valence-electron chi connectivity index (χ4n) is 2.87. The predicted octanol–water partition coefficient (Wildman–Crippen LogP) is 3.37. The number of ether oxygens (including phenoxy) is 2. The maximum atomic E-state index is 12.6. The summed E-state index contributed by atoms with van der Waals surface area (Å²) in [6, 6.07) is 12.4. The first-order valence-electron chi connectivity index (χ1n) is 9.76. The van der Waals surface area contributed by atoms with Gasteiger partial charge >= 0.3 is 0 Å². The van der Waals surface area contributed by atoms with E-state index < -0.39 is 0 Å². The molecule has 1 N–H and O–H groups in total. The van der Waals surface area contributed by atoms with Crippen LogP contribution in [-0.2, 0) is 18.4 Å². The Balaban J connectivity index is 1.35. The number of halogens is 1. The Morgan fingerprint density at radius 3 is 2.67 bits per heavy atom. The van der Waals surface area contributed by atoms with E-state index in [1.54, 1.807) is 40.9 Å². The fourth-order valence-corrected chi connectivity index (χ4v) is 3.78. The maximum Gasteiger partial charge on any atom is 0.234 e. The Labute approximate surface area is 198 Å². The van der Waals surface area contributed by atoms with Gasteiger partial charge in [-0.25, -0.2) is 9.67 Å². The lowest BCUT2D eigenvalue weighted by Crippen LogP contribution is -2.16. The smallest absolute Gasteiger partial charge is 0.234 e. The Morgan fingerprint density at radius 1 is 1.15 bits per heavy atom. The van der Waals surface area contributed by atoms with E-state index in [0.29, 0.717) is 33.1 Å². The van der Waals surface area contributed by atoms with E-state index in [-0.39, 0.29) is 18.3 Å². The van der Waals surface area contributed by atoms with Crippen molar-refractivity contribution in [3.05, 3.63) is 66.0 Å². The Hall–Kier alpha value is -3.57. The van der Waals surface area contributed by atoms with Crippen LogP contribution in [0.15, 0.2) is 60.3 Å². The van der Waals surface area contributed by atoms with Crippen molar-refractivity contribution in [2.45, 2.75) is 11.8 Å². The van der Waals surface area contributed by atoms with Gasteiger partial charge in [-0.05, 0) is 42.5 Å². The number of anilines is 1. The molecule has 0 radical (unpaired) electrons. The summed E-state index contributed by atoms with van der Waals surface area (Å²) in [5.74, 6) is 2.00. The van der Waals surface area contributed by atoms with Crippen molar-refractivity contribution in [2.75, 3.05) is 18.2 Å². The minimum absolute atomic E-state index is 0.134. The lowest BCUT2D eigenvalue weighted by molar-refractivity contribution is -0.113. The van der Waals surface area contributed by atoms with Crippen LogP contribution in [0.4, 0.5) is 5.69 Å². The molecular weight excluding hydrogens is 466 g/mol. The van der Waals surface area contributed by atoms with E-state index in [9.17, 15) is 4.79 Å². The van der Waals surface area contributed by atoms with Gasteiger partial charge in [-0.1, -0.05) is 23.4 Å². The summed E-state index contributed by atoms with van der Waals surface area (Å²) in [4.78, 5) is 16.5. The van der Waals surface area contributed by atoms with Gasteiger partial charge in [-0.15, -0.1) is 10.2 Å². The monoisotopic (exact) mass is 485 g/mol. The molecule has 12 heteroatoms. The molecule has 0 aliphatic carbocycles. The highest BCUT2D eigenvalue weighted by Crippen LogP contribution is 2.25. The van der Waals surface area contributed by atoms with Gasteiger partial charge in [0.25, 0.3) is 0 Å². The minimum atomic E-state index is -0.220. The number of nitrogens with one attached hydrogen (secondary N) is 1. The largest absolute Gasteiger partial charge is 0.497 e. The first kappa shape index (κ1) is 22.6. The van der Waals surface area contributed by atoms with Gasteiger partial charge < -0.3 is 19.4 Å². The number of rotatable bonds is 9. The number of thioether (sulfide) groups is 1. The van der Waals surface area contributed by atoms with Gasteiger partial charge in [0.05, 0.1) is 24.2 Å². The van der Waals surface area contributed by atoms with Crippen LogP contribution < -0.4 is 14.8 Å². The number of benzene rings is 2. The molecule has 0 atom stereocenters. The molecule has 33 heavy (non-hydrogen) atoms. The average molecular weight is 486 g/mol. The normalized spacial score (nSPS) is 10.8. The molecule has 170 valence electrons. The predicted molar refractivity (Wildman–Crippen MR) is 124 cm³/mol. The van der Waals surface area contributed by atoms with E-state index in [1.165, 1.54) is 18.1 Å². The van der Waals surface area contributed by atoms with Crippen molar-refractivity contribution in [3.63, 3.8) is 0 Å². The fraction of sp³-hybridized carbons (Fsp3) is 0.190. The van der Waals surface area contributed by atoms with Crippen molar-refractivity contribution in [1.29, 1.82) is 0 Å². The summed E-state index contributed by atoms with van der Waals surface area (Å²) >= 11 is 7.37. The third kappa shape index (κ3) is 5.62. The van der Waals surface area contributed by atoms with Gasteiger partial charge in [0.2, 0.25) is 5.91 Å². The van der Waals surface area contributed by atoms with Gasteiger partial charge in [0.15, 0.2) is 11.0 Å². The first-order valence-corrected chi connectivity index (χ1v) is 11.1. The summed E-state index contributed by atoms with van der Waals surface area (Å²) in [7, 11) is 3.44. The van der Waals surface area contributed by atoms with Crippen molar-refractivity contribution in [2.24, 2.45) is 7.05 Å². The number of aromatic nitrogens is 6. The van der Waals surface area contributed by atoms with Crippen LogP contribution in [0.25, 0.3) is 5.69 Å². The van der Waals surface area contributed by atoms with E-state index in [4.69, 9.17) is 21.1 Å². The quantitative estimate of drug-likeness (QED) is 0.359. The molecule has 10 nitrogen and oxygen atoms in total. The number of amides is 1. The number of carbonyl (C=O) groups is 1. The molecule has 0 saturated heterocycles. The van der Waals surface area contributed by atoms with Crippen LogP contribution in [0.5, 0.6) is 11.5 Å². The molecule has 0 aliphatic heterocycles. The van der Waals surface area contributed by atoms with E-state index in [2.05, 4.69) is 25.6 Å². The molecule has 0 bridgehead atoms. The van der Waals surface area contributed by atoms with E-state index in [0.717, 1.165) is 5.75 Å². The van der Waals surface area contributed by atoms with Crippen molar-refractivity contribution in [3.8, 4) is 17.2 Å². The first-order chi connectivity index (χ1) is 16.0. The molecule has 4 rings (SSSR count). The van der Waals surface area contributed by atoms with Crippen molar-refractivity contribution < 1.29 is 14.3 Å². The number of carbonyl (C=O) groups excluding carboxylic acids is 1. The van der Waals surface area contributed by atoms with Gasteiger partial charge in [0.1, 0.15) is 30.8 Å². The molecule has 0 saturated carbocycles. The molecule has 2 aromatic carbocycles. The molecule has 0 aliphatic rings. The highest BCUT2D eigenvalue weighted by atomic mass is 35.5. The SMILES string of the molecule is COc1ccc(OCc2nnc(SCC(=O)Nc3cc(Cl)ccc3-n3cncn3)n2C)cc1. The van der Waals surface area contributed by atoms with E-state index >= 15 is 0 Å². The molecular formula is C21H20ClN7O3S. The molecule has 4 aromatic rings. The topological polar surface area (TPSA) is 109 Å². The van der Waals surface area contributed by atoms with Crippen molar-refractivity contribution >= 4 is 35.0 Å². The second-order valence-corrected chi connectivity index (χ2v) is 8.14. The van der Waals surface area contributed by atoms with Crippen LogP contribution in [0.3, 0.4) is 0 Å². The third-order valence-corrected chi connectivity index (χ3v) is 5.84. The van der Waals surface area contributed by atoms with Crippen molar-refractivity contribution in [1.82, 2.24) is 29.5 Å². The standard InChI is InChI=1S/C21H20ClN7O3S/c1-28-19(10-32-16-6-4-15(31-2)5-7-16)26-27-21(28)33-11-20(30)25-17-9-14(22)3-8-18(17)29-13-23-12-24-29/h3-9,12-13H,10-11H2,1-2H3,(H,25,30). The highest BCUT2D eigenvalue weighted by molar-refractivity contribution is 7.99. The molecule has 0 spiro atoms. The zero-order valence-electron chi connectivity index (χ0n) is 17.8. The average Bonchev–Trinajstić information content (AvgIpc) is 3.47. The second-order valence-electron chi connectivity index (χ2n) is 6.76. The summed E-state index contributed by atoms with van der Waals surface area (Å²) < 4.78 is 14.2. The van der Waals surface area contributed by atoms with E-state index in [1.807, 2.05) is 31.3 Å². The van der Waals surface area contributed by atoms with Gasteiger partial charge in [-0.3, -0.25) is 4.79 Å². The zero-order valence-corrected chi connectivity index (χ0v) is 19.4. The second kappa shape index (κ2) is 10.4. The summed E-state index contributed by atoms with van der Waals surface area (Å²) in [5, 5.41) is 16.4. The van der Waals surface area contributed by atoms with Crippen LogP contribution in [0.2, 0.25) is 5.02 Å². The molecule has 0 fully saturated rings. The molecule has 2 heterocycles.